The summed E-state index contributed by atoms with van der Waals surface area (Å²) in [6.45, 7) is 1.31. The largest absolute Gasteiger partial charge is 0.507 e. The minimum atomic E-state index is 0.0621. The molecule has 3 heterocycles. The summed E-state index contributed by atoms with van der Waals surface area (Å²) in [5.74, 6) is 1.03. The lowest BCUT2D eigenvalue weighted by atomic mass is 9.97. The molecule has 1 fully saturated rings. The summed E-state index contributed by atoms with van der Waals surface area (Å²) in [7, 11) is 0. The fourth-order valence-electron chi connectivity index (χ4n) is 5.01. The summed E-state index contributed by atoms with van der Waals surface area (Å²) in [6.07, 6.45) is 3.32. The molecule has 0 atom stereocenters. The lowest BCUT2D eigenvalue weighted by Gasteiger charge is -2.33. The lowest BCUT2D eigenvalue weighted by molar-refractivity contribution is 0.0719. The topological polar surface area (TPSA) is 82.8 Å². The predicted molar refractivity (Wildman–Crippen MR) is 152 cm³/mol. The van der Waals surface area contributed by atoms with Crippen molar-refractivity contribution in [3.05, 3.63) is 101 Å². The minimum absolute atomic E-state index is 0.0621. The van der Waals surface area contributed by atoms with E-state index in [0.29, 0.717) is 30.0 Å². The van der Waals surface area contributed by atoms with E-state index in [1.165, 1.54) is 0 Å². The third kappa shape index (κ3) is 4.63. The van der Waals surface area contributed by atoms with Gasteiger partial charge in [0.05, 0.1) is 16.4 Å². The average Bonchev–Trinajstić information content (AvgIpc) is 3.34. The number of rotatable bonds is 5. The first-order valence-electron chi connectivity index (χ1n) is 12.6. The number of likely N-dealkylation sites (tertiary alicyclic amines) is 1. The summed E-state index contributed by atoms with van der Waals surface area (Å²) in [5, 5.41) is 18.5. The molecule has 5 aromatic rings. The third-order valence-corrected chi connectivity index (χ3v) is 7.54. The molecule has 1 saturated heterocycles. The summed E-state index contributed by atoms with van der Waals surface area (Å²) < 4.78 is 2.54. The van der Waals surface area contributed by atoms with Crippen molar-refractivity contribution in [3.63, 3.8) is 0 Å². The first-order chi connectivity index (χ1) is 18.6. The highest BCUT2D eigenvalue weighted by Crippen LogP contribution is 2.32. The second-order valence-electron chi connectivity index (χ2n) is 9.39. The van der Waals surface area contributed by atoms with Gasteiger partial charge in [-0.3, -0.25) is 4.79 Å². The number of carbonyl (C=O) groups excluding carboxylic acids is 1. The Bertz CT molecular complexity index is 1610. The number of nitrogens with one attached hydrogen (secondary N) is 1. The zero-order chi connectivity index (χ0) is 26.1. The number of anilines is 1. The van der Waals surface area contributed by atoms with Gasteiger partial charge in [-0.2, -0.15) is 9.61 Å². The molecule has 1 aliphatic rings. The van der Waals surface area contributed by atoms with E-state index < -0.39 is 0 Å². The van der Waals surface area contributed by atoms with E-state index in [1.54, 1.807) is 22.8 Å². The maximum absolute atomic E-state index is 13.5. The fraction of sp³-hybridized carbons (Fsp3) is 0.167. The first kappa shape index (κ1) is 24.2. The zero-order valence-corrected chi connectivity index (χ0v) is 22.2. The number of hydrogen-bond acceptors (Lipinski definition) is 5. The molecule has 0 radical (unpaired) electrons. The molecule has 0 bridgehead atoms. The van der Waals surface area contributed by atoms with Gasteiger partial charge in [0.25, 0.3) is 5.91 Å². The van der Waals surface area contributed by atoms with E-state index in [-0.39, 0.29) is 17.7 Å². The van der Waals surface area contributed by atoms with Crippen LogP contribution in [0.2, 0.25) is 0 Å². The predicted octanol–water partition coefficient (Wildman–Crippen LogP) is 6.25. The van der Waals surface area contributed by atoms with Crippen molar-refractivity contribution in [2.24, 2.45) is 0 Å². The molecule has 8 heteroatoms. The number of halogens is 1. The maximum atomic E-state index is 13.5. The quantitative estimate of drug-likeness (QED) is 0.262. The SMILES string of the molecule is O=C(c1ccccc1-c1ccccc1)N1CCC(Nc2cc(-c3ccccc3O)nc3c(Br)cnn23)CC1. The van der Waals surface area contributed by atoms with Crippen LogP contribution in [-0.4, -0.2) is 49.6 Å². The Hall–Kier alpha value is -4.17. The van der Waals surface area contributed by atoms with Gasteiger partial charge in [0.1, 0.15) is 11.6 Å². The van der Waals surface area contributed by atoms with Crippen molar-refractivity contribution >= 4 is 33.3 Å². The number of piperidine rings is 1. The van der Waals surface area contributed by atoms with Crippen LogP contribution in [0.15, 0.2) is 95.6 Å². The van der Waals surface area contributed by atoms with Crippen molar-refractivity contribution in [1.82, 2.24) is 19.5 Å². The first-order valence-corrected chi connectivity index (χ1v) is 13.4. The van der Waals surface area contributed by atoms with E-state index in [2.05, 4.69) is 26.3 Å². The van der Waals surface area contributed by atoms with Crippen molar-refractivity contribution in [2.75, 3.05) is 18.4 Å². The van der Waals surface area contributed by atoms with Gasteiger partial charge in [0, 0.05) is 36.3 Å². The molecule has 3 aromatic carbocycles. The summed E-state index contributed by atoms with van der Waals surface area (Å²) in [5.41, 5.74) is 4.71. The number of fused-ring (bicyclic) bond motifs is 1. The van der Waals surface area contributed by atoms with Gasteiger partial charge in [-0.15, -0.1) is 0 Å². The van der Waals surface area contributed by atoms with Crippen LogP contribution in [-0.2, 0) is 0 Å². The average molecular weight is 568 g/mol. The molecule has 1 amide bonds. The molecule has 0 aliphatic carbocycles. The highest BCUT2D eigenvalue weighted by atomic mass is 79.9. The fourth-order valence-corrected chi connectivity index (χ4v) is 5.36. The molecule has 7 nitrogen and oxygen atoms in total. The van der Waals surface area contributed by atoms with Crippen LogP contribution in [0.5, 0.6) is 5.75 Å². The van der Waals surface area contributed by atoms with Gasteiger partial charge in [0.2, 0.25) is 0 Å². The third-order valence-electron chi connectivity index (χ3n) is 6.99. The Labute approximate surface area is 228 Å². The highest BCUT2D eigenvalue weighted by Gasteiger charge is 2.26. The number of aromatic nitrogens is 3. The summed E-state index contributed by atoms with van der Waals surface area (Å²) >= 11 is 3.54. The van der Waals surface area contributed by atoms with Crippen LogP contribution >= 0.6 is 15.9 Å². The van der Waals surface area contributed by atoms with Crippen molar-refractivity contribution < 1.29 is 9.90 Å². The number of hydrogen-bond donors (Lipinski definition) is 2. The number of nitrogens with zero attached hydrogens (tertiary/aromatic N) is 4. The maximum Gasteiger partial charge on any atom is 0.254 e. The second-order valence-corrected chi connectivity index (χ2v) is 10.2. The molecule has 190 valence electrons. The number of para-hydroxylation sites is 1. The van der Waals surface area contributed by atoms with E-state index >= 15 is 0 Å². The minimum Gasteiger partial charge on any atom is -0.507 e. The van der Waals surface area contributed by atoms with Crippen LogP contribution in [0.3, 0.4) is 0 Å². The molecular weight excluding hydrogens is 542 g/mol. The van der Waals surface area contributed by atoms with Crippen LogP contribution in [0.4, 0.5) is 5.82 Å². The number of benzene rings is 3. The van der Waals surface area contributed by atoms with Crippen molar-refractivity contribution in [2.45, 2.75) is 18.9 Å². The normalized spacial score (nSPS) is 14.1. The molecular formula is C30H26BrN5O2. The van der Waals surface area contributed by atoms with Crippen LogP contribution < -0.4 is 5.32 Å². The molecule has 1 aliphatic heterocycles. The number of phenolic OH excluding ortho intramolecular Hbond substituents is 1. The van der Waals surface area contributed by atoms with Gasteiger partial charge in [-0.1, -0.05) is 60.7 Å². The molecule has 6 rings (SSSR count). The van der Waals surface area contributed by atoms with E-state index in [0.717, 1.165) is 39.8 Å². The Kier molecular flexibility index (Phi) is 6.55. The number of carbonyl (C=O) groups is 1. The Balaban J connectivity index is 1.21. The molecule has 0 spiro atoms. The smallest absolute Gasteiger partial charge is 0.254 e. The molecule has 2 aromatic heterocycles. The Morgan fingerprint density at radius 2 is 1.61 bits per heavy atom. The Morgan fingerprint density at radius 3 is 2.37 bits per heavy atom. The van der Waals surface area contributed by atoms with Gasteiger partial charge in [-0.25, -0.2) is 4.98 Å². The van der Waals surface area contributed by atoms with E-state index in [4.69, 9.17) is 4.98 Å². The van der Waals surface area contributed by atoms with Crippen molar-refractivity contribution in [1.29, 1.82) is 0 Å². The molecule has 2 N–H and O–H groups in total. The molecule has 38 heavy (non-hydrogen) atoms. The summed E-state index contributed by atoms with van der Waals surface area (Å²) in [4.78, 5) is 20.2. The molecule has 0 unspecified atom stereocenters. The number of amides is 1. The van der Waals surface area contributed by atoms with Gasteiger partial charge in [-0.05, 0) is 58.1 Å². The highest BCUT2D eigenvalue weighted by molar-refractivity contribution is 9.10. The van der Waals surface area contributed by atoms with E-state index in [1.807, 2.05) is 77.7 Å². The molecule has 0 saturated carbocycles. The van der Waals surface area contributed by atoms with Crippen LogP contribution in [0.25, 0.3) is 28.0 Å². The zero-order valence-electron chi connectivity index (χ0n) is 20.6. The van der Waals surface area contributed by atoms with Crippen LogP contribution in [0, 0.1) is 0 Å². The van der Waals surface area contributed by atoms with Gasteiger partial charge in [0.15, 0.2) is 5.65 Å². The van der Waals surface area contributed by atoms with Gasteiger partial charge < -0.3 is 15.3 Å². The standard InChI is InChI=1S/C30H26BrN5O2/c31-25-19-32-36-28(18-26(34-29(25)36)24-12-6-7-13-27(24)37)33-21-14-16-35(17-15-21)30(38)23-11-5-4-10-22(23)20-8-2-1-3-9-20/h1-13,18-19,21,33,37H,14-17H2. The monoisotopic (exact) mass is 567 g/mol. The van der Waals surface area contributed by atoms with Crippen molar-refractivity contribution in [3.8, 4) is 28.1 Å². The summed E-state index contributed by atoms with van der Waals surface area (Å²) in [6, 6.07) is 27.1. The van der Waals surface area contributed by atoms with Gasteiger partial charge >= 0.3 is 0 Å². The lowest BCUT2D eigenvalue weighted by Crippen LogP contribution is -2.42. The number of aromatic hydroxyl groups is 1. The Morgan fingerprint density at radius 1 is 0.921 bits per heavy atom. The second kappa shape index (κ2) is 10.3. The number of phenols is 1. The van der Waals surface area contributed by atoms with Crippen LogP contribution in [0.1, 0.15) is 23.2 Å². The van der Waals surface area contributed by atoms with E-state index in [9.17, 15) is 9.90 Å².